The summed E-state index contributed by atoms with van der Waals surface area (Å²) in [7, 11) is 1.41. The minimum absolute atomic E-state index is 0.0179. The van der Waals surface area contributed by atoms with Crippen LogP contribution in [-0.4, -0.2) is 101 Å². The molecule has 0 radical (unpaired) electrons. The van der Waals surface area contributed by atoms with Crippen molar-refractivity contribution in [3.63, 3.8) is 0 Å². The Morgan fingerprint density at radius 3 is 2.22 bits per heavy atom. The summed E-state index contributed by atoms with van der Waals surface area (Å²) < 4.78 is 29.8. The van der Waals surface area contributed by atoms with Gasteiger partial charge in [0.15, 0.2) is 0 Å². The topological polar surface area (TPSA) is 204 Å². The van der Waals surface area contributed by atoms with Gasteiger partial charge in [-0.25, -0.2) is 4.79 Å². The molecule has 348 valence electrons. The molecule has 7 rings (SSSR count). The first-order valence-electron chi connectivity index (χ1n) is 21.4. The molecule has 2 aromatic carbocycles. The fourth-order valence-corrected chi connectivity index (χ4v) is 9.32. The molecule has 1 fully saturated rings. The number of nitrogens with zero attached hydrogens (tertiary/aromatic N) is 1. The highest BCUT2D eigenvalue weighted by Gasteiger charge is 2.54. The molecule has 17 heteroatoms. The SMILES string of the molecule is CO[C@H]1/C=C\O[C@@]2(C)Oc3c(C)c(OC(=O)c4ccc(Cl)cc4Cl)c4c(c3C2=O)C(=O)C(N2CCCC2)=C(NC(=O)/C(C)=C\C=C/[C@H](C)[C@H](O)[C@@H](C)[C@H](O)[C@H](C)[C@H](OC(C)=O)[C@@H]1C)C4=O. The summed E-state index contributed by atoms with van der Waals surface area (Å²) in [6.45, 7) is 13.0. The Balaban J connectivity index is 1.55. The molecule has 0 spiro atoms. The molecule has 0 unspecified atom stereocenters. The smallest absolute Gasteiger partial charge is 0.345 e. The second-order valence-corrected chi connectivity index (χ2v) is 18.0. The number of nitrogens with one attached hydrogen (secondary N) is 1. The van der Waals surface area contributed by atoms with Gasteiger partial charge < -0.3 is 44.1 Å². The predicted molar refractivity (Wildman–Crippen MR) is 239 cm³/mol. The molecule has 1 amide bonds. The maximum Gasteiger partial charge on any atom is 0.345 e. The van der Waals surface area contributed by atoms with Crippen LogP contribution in [0.1, 0.15) is 108 Å². The first kappa shape index (κ1) is 49.1. The van der Waals surface area contributed by atoms with Crippen LogP contribution in [0.15, 0.2) is 65.7 Å². The minimum Gasteiger partial charge on any atom is -0.462 e. The van der Waals surface area contributed by atoms with Crippen LogP contribution in [0.3, 0.4) is 0 Å². The van der Waals surface area contributed by atoms with Crippen molar-refractivity contribution in [2.45, 2.75) is 98.4 Å². The van der Waals surface area contributed by atoms with Gasteiger partial charge in [-0.15, -0.1) is 0 Å². The molecule has 1 saturated heterocycles. The number of aliphatic hydroxyl groups excluding tert-OH is 2. The van der Waals surface area contributed by atoms with Crippen LogP contribution in [0.25, 0.3) is 0 Å². The standard InChI is InChI=1S/C48H54Cl2N2O13/c1-22-13-12-14-23(2)46(59)51-36-37(52-18-10-11-19-52)41(57)33-34(40(36)56)43(64-47(60)30-16-15-29(49)21-31(30)50)27(6)44-35(33)45(58)48(8,65-44)62-20-17-32(61-9)24(3)42(63-28(7)53)26(5)39(55)25(4)38(22)54/h12-17,20-22,24-26,32,38-39,42,54-55H,10-11,18-19H2,1-9H3,(H,51,59)/b13-12-,20-17-,23-14-/t22-,24+,25+,26-,32-,38-,39-,42+,48-/m0/s1. The van der Waals surface area contributed by atoms with Gasteiger partial charge in [0.2, 0.25) is 11.6 Å². The lowest BCUT2D eigenvalue weighted by Crippen LogP contribution is -2.46. The number of benzene rings is 2. The van der Waals surface area contributed by atoms with E-state index in [1.165, 1.54) is 65.2 Å². The summed E-state index contributed by atoms with van der Waals surface area (Å²) in [5, 5.41) is 25.8. The number of carbonyl (C=O) groups excluding carboxylic acids is 6. The average Bonchev–Trinajstić information content (AvgIpc) is 3.88. The molecule has 4 aliphatic heterocycles. The highest BCUT2D eigenvalue weighted by molar-refractivity contribution is 6.37. The van der Waals surface area contributed by atoms with Crippen LogP contribution in [0, 0.1) is 30.6 Å². The quantitative estimate of drug-likeness (QED) is 0.207. The van der Waals surface area contributed by atoms with Gasteiger partial charge in [0.1, 0.15) is 29.0 Å². The van der Waals surface area contributed by atoms with Crippen LogP contribution < -0.4 is 14.8 Å². The zero-order valence-electron chi connectivity index (χ0n) is 37.7. The summed E-state index contributed by atoms with van der Waals surface area (Å²) >= 11 is 12.5. The van der Waals surface area contributed by atoms with Gasteiger partial charge in [-0.1, -0.05) is 69.1 Å². The molecule has 9 atom stereocenters. The molecule has 0 aromatic heterocycles. The summed E-state index contributed by atoms with van der Waals surface area (Å²) in [6, 6.07) is 4.07. The van der Waals surface area contributed by atoms with E-state index in [9.17, 15) is 29.4 Å². The van der Waals surface area contributed by atoms with E-state index >= 15 is 9.59 Å². The lowest BCUT2D eigenvalue weighted by Gasteiger charge is -2.38. The monoisotopic (exact) mass is 936 g/mol. The number of hydrogen-bond donors (Lipinski definition) is 3. The Labute approximate surface area is 387 Å². The van der Waals surface area contributed by atoms with E-state index in [1.807, 2.05) is 0 Å². The summed E-state index contributed by atoms with van der Waals surface area (Å²) in [5.41, 5.74) is -1.74. The zero-order valence-corrected chi connectivity index (χ0v) is 39.2. The summed E-state index contributed by atoms with van der Waals surface area (Å²) in [5.74, 6) is -10.4. The van der Waals surface area contributed by atoms with Crippen molar-refractivity contribution in [1.82, 2.24) is 10.2 Å². The third-order valence-electron chi connectivity index (χ3n) is 12.7. The number of ketones is 3. The Bertz CT molecular complexity index is 2440. The second-order valence-electron chi connectivity index (χ2n) is 17.2. The second kappa shape index (κ2) is 19.6. The van der Waals surface area contributed by atoms with E-state index in [1.54, 1.807) is 44.7 Å². The van der Waals surface area contributed by atoms with Crippen molar-refractivity contribution in [2.24, 2.45) is 23.7 Å². The van der Waals surface area contributed by atoms with Crippen molar-refractivity contribution in [3.05, 3.63) is 104 Å². The third kappa shape index (κ3) is 9.53. The number of Topliss-reactive ketones (excluding diaryl/α,β-unsaturated/α-hetero) is 3. The van der Waals surface area contributed by atoms with E-state index in [0.29, 0.717) is 25.9 Å². The zero-order chi connectivity index (χ0) is 47.8. The Morgan fingerprint density at radius 2 is 1.58 bits per heavy atom. The van der Waals surface area contributed by atoms with Gasteiger partial charge in [-0.3, -0.25) is 24.0 Å². The van der Waals surface area contributed by atoms with E-state index < -0.39 is 106 Å². The van der Waals surface area contributed by atoms with E-state index in [0.717, 1.165) is 6.26 Å². The van der Waals surface area contributed by atoms with E-state index in [4.69, 9.17) is 46.9 Å². The number of rotatable bonds is 5. The summed E-state index contributed by atoms with van der Waals surface area (Å²) in [4.78, 5) is 87.0. The van der Waals surface area contributed by atoms with Gasteiger partial charge in [-0.2, -0.15) is 0 Å². The van der Waals surface area contributed by atoms with Gasteiger partial charge in [0, 0.05) is 73.9 Å². The van der Waals surface area contributed by atoms with Gasteiger partial charge in [0.05, 0.1) is 51.9 Å². The first-order chi connectivity index (χ1) is 30.6. The number of likely N-dealkylation sites (tertiary alicyclic amines) is 1. The number of hydrogen-bond acceptors (Lipinski definition) is 14. The van der Waals surface area contributed by atoms with Crippen molar-refractivity contribution in [3.8, 4) is 11.5 Å². The fraction of sp³-hybridized carbons (Fsp3) is 0.458. The highest BCUT2D eigenvalue weighted by atomic mass is 35.5. The fourth-order valence-electron chi connectivity index (χ4n) is 8.83. The van der Waals surface area contributed by atoms with Crippen LogP contribution in [0.2, 0.25) is 10.0 Å². The van der Waals surface area contributed by atoms with E-state index in [2.05, 4.69) is 5.32 Å². The maximum atomic E-state index is 15.2. The van der Waals surface area contributed by atoms with Crippen molar-refractivity contribution >= 4 is 58.4 Å². The Hall–Kier alpha value is -5.32. The number of aliphatic hydroxyl groups is 2. The number of allylic oxidation sites excluding steroid dienone is 4. The van der Waals surface area contributed by atoms with Crippen LogP contribution in [0.5, 0.6) is 11.5 Å². The van der Waals surface area contributed by atoms with Gasteiger partial charge in [-0.05, 0) is 51.0 Å². The van der Waals surface area contributed by atoms with Crippen molar-refractivity contribution in [1.29, 1.82) is 0 Å². The van der Waals surface area contributed by atoms with Gasteiger partial charge in [0.25, 0.3) is 11.7 Å². The third-order valence-corrected chi connectivity index (χ3v) is 13.2. The summed E-state index contributed by atoms with van der Waals surface area (Å²) in [6.07, 6.45) is 4.58. The van der Waals surface area contributed by atoms with E-state index in [-0.39, 0.29) is 49.5 Å². The molecular formula is C48H54Cl2N2O13. The van der Waals surface area contributed by atoms with Crippen molar-refractivity contribution in [2.75, 3.05) is 20.2 Å². The Kier molecular flexibility index (Phi) is 14.8. The molecule has 2 aromatic rings. The number of halogens is 2. The average molecular weight is 938 g/mol. The maximum absolute atomic E-state index is 15.2. The number of carbonyl (C=O) groups is 6. The molecule has 1 aliphatic carbocycles. The lowest BCUT2D eigenvalue weighted by atomic mass is 9.78. The number of fused-ring (bicyclic) bond motifs is 14. The van der Waals surface area contributed by atoms with Crippen LogP contribution >= 0.6 is 23.2 Å². The predicted octanol–water partition coefficient (Wildman–Crippen LogP) is 6.87. The highest BCUT2D eigenvalue weighted by Crippen LogP contribution is 2.50. The molecule has 5 bridgehead atoms. The van der Waals surface area contributed by atoms with Crippen LogP contribution in [0.4, 0.5) is 0 Å². The van der Waals surface area contributed by atoms with Crippen molar-refractivity contribution < 1.29 is 62.7 Å². The first-order valence-corrected chi connectivity index (χ1v) is 22.2. The number of methoxy groups -OCH3 is 1. The molecule has 15 nitrogen and oxygen atoms in total. The normalized spacial score (nSPS) is 30.5. The minimum atomic E-state index is -2.17. The lowest BCUT2D eigenvalue weighted by molar-refractivity contribution is -0.160. The molecule has 4 heterocycles. The number of ether oxygens (including phenoxy) is 5. The largest absolute Gasteiger partial charge is 0.462 e. The molecule has 5 aliphatic rings. The Morgan fingerprint density at radius 1 is 0.908 bits per heavy atom. The molecular weight excluding hydrogens is 883 g/mol. The molecule has 65 heavy (non-hydrogen) atoms. The number of amides is 1. The van der Waals surface area contributed by atoms with Gasteiger partial charge >= 0.3 is 17.7 Å². The molecule has 0 saturated carbocycles. The van der Waals surface area contributed by atoms with Crippen LogP contribution in [-0.2, 0) is 23.8 Å². The number of esters is 2. The molecule has 3 N–H and O–H groups in total.